The van der Waals surface area contributed by atoms with Gasteiger partial charge in [0.2, 0.25) is 15.9 Å². The van der Waals surface area contributed by atoms with E-state index in [0.29, 0.717) is 24.4 Å². The SMILES string of the molecule is COc1cccc(N(CCCC(=O)NCc2ccc(N3CCCC(C)C3)cc2)S(C)(=O)=O)c1. The van der Waals surface area contributed by atoms with E-state index in [0.717, 1.165) is 24.6 Å². The lowest BCUT2D eigenvalue weighted by Crippen LogP contribution is -2.34. The number of benzene rings is 2. The number of methoxy groups -OCH3 is 1. The first-order valence-corrected chi connectivity index (χ1v) is 13.3. The molecule has 7 nitrogen and oxygen atoms in total. The van der Waals surface area contributed by atoms with Crippen LogP contribution in [0.4, 0.5) is 11.4 Å². The minimum atomic E-state index is -3.47. The number of carbonyl (C=O) groups is 1. The normalized spacial score (nSPS) is 16.3. The number of sulfonamides is 1. The Bertz CT molecular complexity index is 1020. The van der Waals surface area contributed by atoms with E-state index in [-0.39, 0.29) is 18.9 Å². The van der Waals surface area contributed by atoms with Gasteiger partial charge in [0.1, 0.15) is 5.75 Å². The largest absolute Gasteiger partial charge is 0.497 e. The number of hydrogen-bond donors (Lipinski definition) is 1. The fraction of sp³-hybridized carbons (Fsp3) is 0.480. The van der Waals surface area contributed by atoms with Gasteiger partial charge in [-0.25, -0.2) is 8.42 Å². The second-order valence-corrected chi connectivity index (χ2v) is 10.7. The summed E-state index contributed by atoms with van der Waals surface area (Å²) >= 11 is 0. The number of ether oxygens (including phenoxy) is 1. The molecule has 1 amide bonds. The fourth-order valence-corrected chi connectivity index (χ4v) is 5.13. The zero-order valence-corrected chi connectivity index (χ0v) is 20.6. The van der Waals surface area contributed by atoms with Crippen LogP contribution in [0, 0.1) is 5.92 Å². The van der Waals surface area contributed by atoms with Gasteiger partial charge in [-0.3, -0.25) is 9.10 Å². The maximum atomic E-state index is 12.3. The minimum absolute atomic E-state index is 0.0944. The summed E-state index contributed by atoms with van der Waals surface area (Å²) in [4.78, 5) is 14.8. The smallest absolute Gasteiger partial charge is 0.232 e. The van der Waals surface area contributed by atoms with Crippen LogP contribution in [-0.2, 0) is 21.4 Å². The Morgan fingerprint density at radius 1 is 1.21 bits per heavy atom. The summed E-state index contributed by atoms with van der Waals surface area (Å²) in [6.07, 6.45) is 4.36. The number of hydrogen-bond acceptors (Lipinski definition) is 5. The van der Waals surface area contributed by atoms with Crippen LogP contribution in [0.25, 0.3) is 0 Å². The molecule has 1 heterocycles. The van der Waals surface area contributed by atoms with Crippen LogP contribution in [-0.4, -0.2) is 47.3 Å². The van der Waals surface area contributed by atoms with E-state index in [2.05, 4.69) is 41.4 Å². The second kappa shape index (κ2) is 11.4. The van der Waals surface area contributed by atoms with E-state index in [1.165, 1.54) is 36.2 Å². The first-order chi connectivity index (χ1) is 15.8. The van der Waals surface area contributed by atoms with Gasteiger partial charge in [-0.05, 0) is 55.0 Å². The molecule has 1 atom stereocenters. The van der Waals surface area contributed by atoms with Crippen LogP contribution in [0.2, 0.25) is 0 Å². The highest BCUT2D eigenvalue weighted by Crippen LogP contribution is 2.24. The molecule has 8 heteroatoms. The maximum Gasteiger partial charge on any atom is 0.232 e. The molecule has 1 N–H and O–H groups in total. The molecular formula is C25H35N3O4S. The number of nitrogens with one attached hydrogen (secondary N) is 1. The van der Waals surface area contributed by atoms with Crippen molar-refractivity contribution in [3.05, 3.63) is 54.1 Å². The third-order valence-corrected chi connectivity index (χ3v) is 7.15. The molecule has 1 aliphatic rings. The highest BCUT2D eigenvalue weighted by atomic mass is 32.2. The average molecular weight is 474 g/mol. The Morgan fingerprint density at radius 3 is 2.64 bits per heavy atom. The number of amides is 1. The van der Waals surface area contributed by atoms with Crippen molar-refractivity contribution in [2.45, 2.75) is 39.2 Å². The average Bonchev–Trinajstić information content (AvgIpc) is 2.80. The van der Waals surface area contributed by atoms with Gasteiger partial charge >= 0.3 is 0 Å². The highest BCUT2D eigenvalue weighted by Gasteiger charge is 2.19. The van der Waals surface area contributed by atoms with Crippen molar-refractivity contribution in [2.24, 2.45) is 5.92 Å². The van der Waals surface area contributed by atoms with E-state index in [1.807, 2.05) is 0 Å². The van der Waals surface area contributed by atoms with Crippen molar-refractivity contribution >= 4 is 27.3 Å². The molecule has 0 radical (unpaired) electrons. The number of carbonyl (C=O) groups excluding carboxylic acids is 1. The molecular weight excluding hydrogens is 438 g/mol. The van der Waals surface area contributed by atoms with Gasteiger partial charge in [0.15, 0.2) is 0 Å². The lowest BCUT2D eigenvalue weighted by Gasteiger charge is -2.32. The zero-order valence-electron chi connectivity index (χ0n) is 19.8. The molecule has 0 spiro atoms. The first kappa shape index (κ1) is 24.9. The van der Waals surface area contributed by atoms with Crippen LogP contribution in [0.1, 0.15) is 38.2 Å². The summed E-state index contributed by atoms with van der Waals surface area (Å²) in [5.41, 5.74) is 2.81. The van der Waals surface area contributed by atoms with Gasteiger partial charge < -0.3 is 15.0 Å². The molecule has 33 heavy (non-hydrogen) atoms. The second-order valence-electron chi connectivity index (χ2n) is 8.78. The maximum absolute atomic E-state index is 12.3. The van der Waals surface area contributed by atoms with Gasteiger partial charge in [0.25, 0.3) is 0 Å². The standard InChI is InChI=1S/C25H35N3O4S/c1-20-7-5-15-27(19-20)22-13-11-21(12-14-22)18-26-25(29)10-6-16-28(33(3,30)31)23-8-4-9-24(17-23)32-2/h4,8-9,11-14,17,20H,5-7,10,15-16,18-19H2,1-3H3,(H,26,29). The molecule has 1 unspecified atom stereocenters. The topological polar surface area (TPSA) is 79.0 Å². The molecule has 1 aliphatic heterocycles. The number of rotatable bonds is 10. The Hall–Kier alpha value is -2.74. The van der Waals surface area contributed by atoms with Gasteiger partial charge in [-0.2, -0.15) is 0 Å². The predicted octanol–water partition coefficient (Wildman–Crippen LogP) is 3.79. The monoisotopic (exact) mass is 473 g/mol. The van der Waals surface area contributed by atoms with Crippen LogP contribution >= 0.6 is 0 Å². The Kier molecular flexibility index (Phi) is 8.61. The van der Waals surface area contributed by atoms with Gasteiger partial charge in [-0.15, -0.1) is 0 Å². The number of piperidine rings is 1. The van der Waals surface area contributed by atoms with E-state index in [1.54, 1.807) is 24.3 Å². The Morgan fingerprint density at radius 2 is 1.97 bits per heavy atom. The molecule has 2 aromatic carbocycles. The highest BCUT2D eigenvalue weighted by molar-refractivity contribution is 7.92. The number of nitrogens with zero attached hydrogens (tertiary/aromatic N) is 2. The van der Waals surface area contributed by atoms with Crippen LogP contribution < -0.4 is 19.3 Å². The molecule has 2 aromatic rings. The van der Waals surface area contributed by atoms with Gasteiger partial charge in [0.05, 0.1) is 19.1 Å². The van der Waals surface area contributed by atoms with Crippen molar-refractivity contribution < 1.29 is 17.9 Å². The summed E-state index contributed by atoms with van der Waals surface area (Å²) in [5.74, 6) is 1.21. The van der Waals surface area contributed by atoms with Crippen molar-refractivity contribution in [3.8, 4) is 5.75 Å². The molecule has 180 valence electrons. The lowest BCUT2D eigenvalue weighted by atomic mass is 9.99. The Labute approximate surface area is 197 Å². The molecule has 3 rings (SSSR count). The summed E-state index contributed by atoms with van der Waals surface area (Å²) in [6.45, 7) is 5.17. The molecule has 0 bridgehead atoms. The van der Waals surface area contributed by atoms with Gasteiger partial charge in [0, 0.05) is 44.4 Å². The van der Waals surface area contributed by atoms with Crippen molar-refractivity contribution in [2.75, 3.05) is 42.2 Å². The summed E-state index contributed by atoms with van der Waals surface area (Å²) in [5, 5.41) is 2.94. The van der Waals surface area contributed by atoms with E-state index >= 15 is 0 Å². The molecule has 0 aromatic heterocycles. The van der Waals surface area contributed by atoms with Crippen LogP contribution in [0.3, 0.4) is 0 Å². The predicted molar refractivity (Wildman–Crippen MR) is 133 cm³/mol. The van der Waals surface area contributed by atoms with Crippen molar-refractivity contribution in [1.29, 1.82) is 0 Å². The Balaban J connectivity index is 1.47. The molecule has 0 aliphatic carbocycles. The summed E-state index contributed by atoms with van der Waals surface area (Å²) in [7, 11) is -1.93. The molecule has 1 fully saturated rings. The third-order valence-electron chi connectivity index (χ3n) is 5.95. The number of anilines is 2. The zero-order chi connectivity index (χ0) is 23.8. The van der Waals surface area contributed by atoms with E-state index < -0.39 is 10.0 Å². The van der Waals surface area contributed by atoms with Gasteiger partial charge in [-0.1, -0.05) is 25.1 Å². The molecule has 0 saturated carbocycles. The summed E-state index contributed by atoms with van der Waals surface area (Å²) < 4.78 is 31.0. The van der Waals surface area contributed by atoms with Crippen molar-refractivity contribution in [3.63, 3.8) is 0 Å². The van der Waals surface area contributed by atoms with Crippen molar-refractivity contribution in [1.82, 2.24) is 5.32 Å². The molecule has 1 saturated heterocycles. The quantitative estimate of drug-likeness (QED) is 0.568. The van der Waals surface area contributed by atoms with Crippen LogP contribution in [0.5, 0.6) is 5.75 Å². The minimum Gasteiger partial charge on any atom is -0.497 e. The summed E-state index contributed by atoms with van der Waals surface area (Å²) in [6, 6.07) is 15.3. The van der Waals surface area contributed by atoms with E-state index in [9.17, 15) is 13.2 Å². The fourth-order valence-electron chi connectivity index (χ4n) is 4.17. The first-order valence-electron chi connectivity index (χ1n) is 11.5. The lowest BCUT2D eigenvalue weighted by molar-refractivity contribution is -0.121. The van der Waals surface area contributed by atoms with Crippen LogP contribution in [0.15, 0.2) is 48.5 Å². The van der Waals surface area contributed by atoms with E-state index in [4.69, 9.17) is 4.74 Å². The third kappa shape index (κ3) is 7.39.